The molecule has 3 N–H and O–H groups in total. The van der Waals surface area contributed by atoms with Crippen LogP contribution in [-0.2, 0) is 16.8 Å². The quantitative estimate of drug-likeness (QED) is 0.292. The predicted octanol–water partition coefficient (Wildman–Crippen LogP) is 2.96. The van der Waals surface area contributed by atoms with Crippen molar-refractivity contribution in [2.24, 2.45) is 5.41 Å². The lowest BCUT2D eigenvalue weighted by Gasteiger charge is -2.22. The lowest BCUT2D eigenvalue weighted by atomic mass is 9.84. The number of nitrogens with one attached hydrogen (secondary N) is 1. The Kier molecular flexibility index (Phi) is 7.08. The molecule has 12 nitrogen and oxygen atoms in total. The normalized spacial score (nSPS) is 12.8. The molecule has 1 aliphatic rings. The van der Waals surface area contributed by atoms with Crippen molar-refractivity contribution in [3.05, 3.63) is 82.4 Å². The standard InChI is InChI=1S/C29H30N6O6/c1-28(2,15-32-22(36)14-35-24(17-8-6-5-7-9-17)31-13-19(30)26(35)38)23(37)25-33-34-27(41-25)29(3,4)18-10-11-20-21(12-18)40-16-39-20/h5-13H,14-16,30H2,1-4H3,(H,32,36). The van der Waals surface area contributed by atoms with E-state index in [0.717, 1.165) is 5.56 Å². The van der Waals surface area contributed by atoms with Gasteiger partial charge in [0.1, 0.15) is 18.1 Å². The van der Waals surface area contributed by atoms with Gasteiger partial charge in [-0.1, -0.05) is 50.2 Å². The van der Waals surface area contributed by atoms with Crippen LogP contribution in [0, 0.1) is 5.41 Å². The van der Waals surface area contributed by atoms with Gasteiger partial charge in [-0.25, -0.2) is 4.98 Å². The number of ketones is 1. The number of Topliss-reactive ketones (excluding diaryl/α,β-unsaturated/α-hetero) is 1. The lowest BCUT2D eigenvalue weighted by molar-refractivity contribution is -0.122. The molecule has 2 aromatic carbocycles. The Morgan fingerprint density at radius 3 is 2.51 bits per heavy atom. The minimum Gasteiger partial charge on any atom is -0.454 e. The maximum Gasteiger partial charge on any atom is 0.284 e. The van der Waals surface area contributed by atoms with Gasteiger partial charge in [0.2, 0.25) is 24.4 Å². The van der Waals surface area contributed by atoms with Gasteiger partial charge in [0, 0.05) is 12.1 Å². The molecular formula is C29H30N6O6. The summed E-state index contributed by atoms with van der Waals surface area (Å²) in [6.07, 6.45) is 1.27. The predicted molar refractivity (Wildman–Crippen MR) is 148 cm³/mol. The fourth-order valence-electron chi connectivity index (χ4n) is 4.34. The van der Waals surface area contributed by atoms with Crippen LogP contribution in [0.25, 0.3) is 11.4 Å². The summed E-state index contributed by atoms with van der Waals surface area (Å²) in [6.45, 7) is 6.89. The van der Waals surface area contributed by atoms with Crippen molar-refractivity contribution in [3.63, 3.8) is 0 Å². The van der Waals surface area contributed by atoms with Crippen molar-refractivity contribution < 1.29 is 23.5 Å². The topological polar surface area (TPSA) is 164 Å². The van der Waals surface area contributed by atoms with E-state index in [9.17, 15) is 14.4 Å². The van der Waals surface area contributed by atoms with Crippen molar-refractivity contribution in [3.8, 4) is 22.9 Å². The number of benzene rings is 2. The third-order valence-corrected chi connectivity index (χ3v) is 7.00. The molecule has 0 saturated heterocycles. The molecule has 0 radical (unpaired) electrons. The van der Waals surface area contributed by atoms with Gasteiger partial charge in [-0.05, 0) is 31.5 Å². The van der Waals surface area contributed by atoms with Gasteiger partial charge < -0.3 is 24.9 Å². The summed E-state index contributed by atoms with van der Waals surface area (Å²) < 4.78 is 17.9. The van der Waals surface area contributed by atoms with E-state index in [2.05, 4.69) is 20.5 Å². The zero-order chi connectivity index (χ0) is 29.4. The summed E-state index contributed by atoms with van der Waals surface area (Å²) in [4.78, 5) is 43.3. The Labute approximate surface area is 235 Å². The van der Waals surface area contributed by atoms with Crippen molar-refractivity contribution in [2.45, 2.75) is 39.7 Å². The molecule has 0 unspecified atom stereocenters. The summed E-state index contributed by atoms with van der Waals surface area (Å²) in [5, 5.41) is 10.9. The number of ether oxygens (including phenoxy) is 2. The van der Waals surface area contributed by atoms with E-state index in [4.69, 9.17) is 19.6 Å². The molecule has 1 amide bonds. The van der Waals surface area contributed by atoms with E-state index in [0.29, 0.717) is 22.9 Å². The van der Waals surface area contributed by atoms with E-state index in [1.807, 2.05) is 38.1 Å². The average Bonchev–Trinajstić information content (AvgIpc) is 3.65. The number of hydrogen-bond acceptors (Lipinski definition) is 10. The van der Waals surface area contributed by atoms with Crippen molar-refractivity contribution in [2.75, 3.05) is 19.1 Å². The molecule has 4 aromatic rings. The van der Waals surface area contributed by atoms with E-state index in [1.54, 1.807) is 38.1 Å². The Balaban J connectivity index is 1.28. The Morgan fingerprint density at radius 1 is 1.02 bits per heavy atom. The minimum absolute atomic E-state index is 0.0426. The van der Waals surface area contributed by atoms with Gasteiger partial charge in [0.25, 0.3) is 11.4 Å². The summed E-state index contributed by atoms with van der Waals surface area (Å²) in [6, 6.07) is 14.5. The third-order valence-electron chi connectivity index (χ3n) is 7.00. The highest BCUT2D eigenvalue weighted by atomic mass is 16.7. The molecule has 41 heavy (non-hydrogen) atoms. The van der Waals surface area contributed by atoms with Crippen LogP contribution in [0.3, 0.4) is 0 Å². The zero-order valence-electron chi connectivity index (χ0n) is 23.1. The number of amides is 1. The highest BCUT2D eigenvalue weighted by molar-refractivity contribution is 5.96. The number of fused-ring (bicyclic) bond motifs is 1. The van der Waals surface area contributed by atoms with Crippen LogP contribution in [0.15, 0.2) is 63.9 Å². The molecule has 0 atom stereocenters. The van der Waals surface area contributed by atoms with Crippen LogP contribution in [0.5, 0.6) is 11.5 Å². The van der Waals surface area contributed by atoms with Crippen molar-refractivity contribution in [1.29, 1.82) is 0 Å². The van der Waals surface area contributed by atoms with Gasteiger partial charge >= 0.3 is 0 Å². The van der Waals surface area contributed by atoms with Crippen LogP contribution in [0.1, 0.15) is 49.8 Å². The van der Waals surface area contributed by atoms with E-state index in [1.165, 1.54) is 10.8 Å². The number of nitrogen functional groups attached to an aromatic ring is 1. The van der Waals surface area contributed by atoms with E-state index < -0.39 is 28.1 Å². The maximum atomic E-state index is 13.3. The minimum atomic E-state index is -1.09. The first-order valence-corrected chi connectivity index (χ1v) is 12.9. The van der Waals surface area contributed by atoms with Gasteiger partial charge in [-0.15, -0.1) is 10.2 Å². The SMILES string of the molecule is CC(C)(CNC(=O)Cn1c(-c2ccccc2)ncc(N)c1=O)C(=O)c1nnc(C(C)(C)c2ccc3c(c2)OCO3)o1. The Bertz CT molecular complexity index is 1670. The maximum absolute atomic E-state index is 13.3. The smallest absolute Gasteiger partial charge is 0.284 e. The van der Waals surface area contributed by atoms with Gasteiger partial charge in [0.05, 0.1) is 17.0 Å². The molecule has 3 heterocycles. The number of rotatable bonds is 9. The molecule has 0 spiro atoms. The summed E-state index contributed by atoms with van der Waals surface area (Å²) >= 11 is 0. The fraction of sp³-hybridized carbons (Fsp3) is 0.310. The lowest BCUT2D eigenvalue weighted by Crippen LogP contribution is -2.41. The summed E-state index contributed by atoms with van der Waals surface area (Å²) in [7, 11) is 0. The van der Waals surface area contributed by atoms with Gasteiger partial charge in [0.15, 0.2) is 11.5 Å². The fourth-order valence-corrected chi connectivity index (χ4v) is 4.34. The molecule has 0 fully saturated rings. The van der Waals surface area contributed by atoms with Crippen molar-refractivity contribution >= 4 is 17.4 Å². The van der Waals surface area contributed by atoms with Crippen LogP contribution >= 0.6 is 0 Å². The van der Waals surface area contributed by atoms with E-state index >= 15 is 0 Å². The molecule has 0 bridgehead atoms. The number of carbonyl (C=O) groups is 2. The Morgan fingerprint density at radius 2 is 1.76 bits per heavy atom. The van der Waals surface area contributed by atoms with Crippen molar-refractivity contribution in [1.82, 2.24) is 25.1 Å². The van der Waals surface area contributed by atoms with Gasteiger partial charge in [-0.3, -0.25) is 19.0 Å². The molecule has 2 aromatic heterocycles. The second-order valence-electron chi connectivity index (χ2n) is 10.9. The number of nitrogens with two attached hydrogens (primary N) is 1. The second-order valence-corrected chi connectivity index (χ2v) is 10.9. The number of nitrogens with zero attached hydrogens (tertiary/aromatic N) is 4. The largest absolute Gasteiger partial charge is 0.454 e. The number of carbonyl (C=O) groups excluding carboxylic acids is 2. The van der Waals surface area contributed by atoms with Crippen LogP contribution in [0.4, 0.5) is 5.69 Å². The molecule has 12 heteroatoms. The zero-order valence-corrected chi connectivity index (χ0v) is 23.1. The first kappa shape index (κ1) is 27.6. The number of aromatic nitrogens is 4. The van der Waals surface area contributed by atoms with Crippen LogP contribution < -0.4 is 26.1 Å². The molecule has 0 saturated carbocycles. The summed E-state index contributed by atoms with van der Waals surface area (Å²) in [5.74, 6) is 0.729. The second kappa shape index (κ2) is 10.5. The molecular weight excluding hydrogens is 528 g/mol. The third kappa shape index (κ3) is 5.40. The first-order chi connectivity index (χ1) is 19.5. The van der Waals surface area contributed by atoms with Crippen LogP contribution in [0.2, 0.25) is 0 Å². The summed E-state index contributed by atoms with van der Waals surface area (Å²) in [5.41, 5.74) is 4.85. The van der Waals surface area contributed by atoms with Crippen LogP contribution in [-0.4, -0.2) is 44.8 Å². The monoisotopic (exact) mass is 558 g/mol. The van der Waals surface area contributed by atoms with Gasteiger partial charge in [-0.2, -0.15) is 0 Å². The Hall–Kier alpha value is -5.00. The molecule has 5 rings (SSSR count). The molecule has 0 aliphatic carbocycles. The number of anilines is 1. The molecule has 212 valence electrons. The van der Waals surface area contributed by atoms with E-state index in [-0.39, 0.29) is 37.4 Å². The average molecular weight is 559 g/mol. The highest BCUT2D eigenvalue weighted by Crippen LogP contribution is 2.39. The molecule has 1 aliphatic heterocycles. The first-order valence-electron chi connectivity index (χ1n) is 12.9. The number of hydrogen-bond donors (Lipinski definition) is 2. The highest BCUT2D eigenvalue weighted by Gasteiger charge is 2.37.